The van der Waals surface area contributed by atoms with Gasteiger partial charge in [-0.2, -0.15) is 4.37 Å². The topological polar surface area (TPSA) is 37.8 Å². The number of hydrogen-bond acceptors (Lipinski definition) is 4. The minimum absolute atomic E-state index is 0.647. The molecule has 0 amide bonds. The number of rotatable bonds is 4. The second-order valence-electron chi connectivity index (χ2n) is 3.70. The summed E-state index contributed by atoms with van der Waals surface area (Å²) in [6.45, 7) is 5.40. The SMILES string of the molecule is CCCNc1nc(C2CC2C)ns1. The molecule has 1 N–H and O–H groups in total. The lowest BCUT2D eigenvalue weighted by Gasteiger charge is -1.95. The first-order valence-corrected chi connectivity index (χ1v) is 5.66. The second kappa shape index (κ2) is 3.62. The van der Waals surface area contributed by atoms with Gasteiger partial charge in [-0.3, -0.25) is 0 Å². The van der Waals surface area contributed by atoms with E-state index in [1.54, 1.807) is 0 Å². The van der Waals surface area contributed by atoms with Crippen molar-refractivity contribution in [1.29, 1.82) is 0 Å². The highest BCUT2D eigenvalue weighted by Gasteiger charge is 2.37. The number of nitrogens with zero attached hydrogens (tertiary/aromatic N) is 2. The summed E-state index contributed by atoms with van der Waals surface area (Å²) in [5.74, 6) is 2.50. The third-order valence-electron chi connectivity index (χ3n) is 2.41. The van der Waals surface area contributed by atoms with Crippen LogP contribution in [0.5, 0.6) is 0 Å². The van der Waals surface area contributed by atoms with Gasteiger partial charge in [-0.25, -0.2) is 4.98 Å². The summed E-state index contributed by atoms with van der Waals surface area (Å²) in [7, 11) is 0. The maximum Gasteiger partial charge on any atom is 0.202 e. The lowest BCUT2D eigenvalue weighted by atomic mass is 10.3. The minimum atomic E-state index is 0.647. The maximum atomic E-state index is 4.46. The van der Waals surface area contributed by atoms with E-state index < -0.39 is 0 Å². The molecule has 72 valence electrons. The van der Waals surface area contributed by atoms with E-state index in [-0.39, 0.29) is 0 Å². The Morgan fingerprint density at radius 3 is 3.00 bits per heavy atom. The van der Waals surface area contributed by atoms with E-state index >= 15 is 0 Å². The van der Waals surface area contributed by atoms with Crippen molar-refractivity contribution in [2.75, 3.05) is 11.9 Å². The van der Waals surface area contributed by atoms with Crippen molar-refractivity contribution in [3.05, 3.63) is 5.82 Å². The Morgan fingerprint density at radius 1 is 1.62 bits per heavy atom. The number of aromatic nitrogens is 2. The molecule has 1 aliphatic rings. The molecule has 1 saturated carbocycles. The van der Waals surface area contributed by atoms with Crippen molar-refractivity contribution >= 4 is 16.7 Å². The lowest BCUT2D eigenvalue weighted by Crippen LogP contribution is -1.98. The van der Waals surface area contributed by atoms with Crippen molar-refractivity contribution in [2.24, 2.45) is 5.92 Å². The fourth-order valence-electron chi connectivity index (χ4n) is 1.37. The summed E-state index contributed by atoms with van der Waals surface area (Å²) in [5, 5.41) is 4.24. The van der Waals surface area contributed by atoms with Crippen LogP contribution in [0, 0.1) is 5.92 Å². The first-order chi connectivity index (χ1) is 6.31. The molecule has 1 heterocycles. The molecule has 13 heavy (non-hydrogen) atoms. The highest BCUT2D eigenvalue weighted by Crippen LogP contribution is 2.46. The quantitative estimate of drug-likeness (QED) is 0.805. The average molecular weight is 197 g/mol. The van der Waals surface area contributed by atoms with Crippen LogP contribution in [0.25, 0.3) is 0 Å². The van der Waals surface area contributed by atoms with Crippen LogP contribution in [0.1, 0.15) is 38.4 Å². The first-order valence-electron chi connectivity index (χ1n) is 4.88. The zero-order chi connectivity index (χ0) is 9.26. The predicted octanol–water partition coefficient (Wildman–Crippen LogP) is 2.48. The Morgan fingerprint density at radius 2 is 2.38 bits per heavy atom. The molecule has 0 aliphatic heterocycles. The fourth-order valence-corrected chi connectivity index (χ4v) is 2.03. The largest absolute Gasteiger partial charge is 0.360 e. The van der Waals surface area contributed by atoms with E-state index in [2.05, 4.69) is 28.5 Å². The number of hydrogen-bond donors (Lipinski definition) is 1. The Hall–Kier alpha value is -0.640. The number of anilines is 1. The highest BCUT2D eigenvalue weighted by atomic mass is 32.1. The molecule has 2 atom stereocenters. The molecule has 3 nitrogen and oxygen atoms in total. The van der Waals surface area contributed by atoms with Gasteiger partial charge in [-0.15, -0.1) is 0 Å². The lowest BCUT2D eigenvalue weighted by molar-refractivity contribution is 0.865. The van der Waals surface area contributed by atoms with Gasteiger partial charge in [0.05, 0.1) is 0 Å². The van der Waals surface area contributed by atoms with E-state index in [0.29, 0.717) is 5.92 Å². The monoisotopic (exact) mass is 197 g/mol. The van der Waals surface area contributed by atoms with Gasteiger partial charge in [-0.05, 0) is 18.8 Å². The molecule has 2 unspecified atom stereocenters. The van der Waals surface area contributed by atoms with Crippen molar-refractivity contribution in [3.8, 4) is 0 Å². The van der Waals surface area contributed by atoms with E-state index in [9.17, 15) is 0 Å². The Labute approximate surface area is 82.8 Å². The van der Waals surface area contributed by atoms with Crippen LogP contribution in [-0.4, -0.2) is 15.9 Å². The van der Waals surface area contributed by atoms with E-state index in [1.165, 1.54) is 18.0 Å². The van der Waals surface area contributed by atoms with Gasteiger partial charge in [0.2, 0.25) is 5.13 Å². The Bertz CT molecular complexity index is 284. The van der Waals surface area contributed by atoms with Gasteiger partial charge in [0.1, 0.15) is 5.82 Å². The van der Waals surface area contributed by atoms with Crippen LogP contribution in [0.3, 0.4) is 0 Å². The van der Waals surface area contributed by atoms with Gasteiger partial charge in [0.25, 0.3) is 0 Å². The molecule has 0 aromatic carbocycles. The van der Waals surface area contributed by atoms with Crippen molar-refractivity contribution in [2.45, 2.75) is 32.6 Å². The molecule has 1 aromatic rings. The number of nitrogens with one attached hydrogen (secondary N) is 1. The molecule has 4 heteroatoms. The van der Waals surface area contributed by atoms with E-state index in [0.717, 1.165) is 29.8 Å². The van der Waals surface area contributed by atoms with E-state index in [1.807, 2.05) is 0 Å². The highest BCUT2D eigenvalue weighted by molar-refractivity contribution is 7.09. The second-order valence-corrected chi connectivity index (χ2v) is 4.46. The van der Waals surface area contributed by atoms with Crippen LogP contribution >= 0.6 is 11.5 Å². The van der Waals surface area contributed by atoms with Gasteiger partial charge in [0, 0.05) is 24.0 Å². The molecule has 1 aromatic heterocycles. The molecule has 1 aliphatic carbocycles. The van der Waals surface area contributed by atoms with Crippen molar-refractivity contribution in [3.63, 3.8) is 0 Å². The fraction of sp³-hybridized carbons (Fsp3) is 0.778. The standard InChI is InChI=1S/C9H15N3S/c1-3-4-10-9-11-8(12-13-9)7-5-6(7)2/h6-7H,3-5H2,1-2H3,(H,10,11,12). The summed E-state index contributed by atoms with van der Waals surface area (Å²) in [6, 6.07) is 0. The predicted molar refractivity (Wildman–Crippen MR) is 55.2 cm³/mol. The van der Waals surface area contributed by atoms with Crippen LogP contribution < -0.4 is 5.32 Å². The van der Waals surface area contributed by atoms with Crippen molar-refractivity contribution < 1.29 is 0 Å². The zero-order valence-corrected chi connectivity index (χ0v) is 8.90. The molecular weight excluding hydrogens is 182 g/mol. The molecule has 0 radical (unpaired) electrons. The first kappa shape index (κ1) is 8.94. The van der Waals surface area contributed by atoms with Gasteiger partial charge in [-0.1, -0.05) is 13.8 Å². The normalized spacial score (nSPS) is 26.0. The minimum Gasteiger partial charge on any atom is -0.360 e. The third-order valence-corrected chi connectivity index (χ3v) is 3.10. The molecular formula is C9H15N3S. The molecule has 0 saturated heterocycles. The summed E-state index contributed by atoms with van der Waals surface area (Å²) in [5.41, 5.74) is 0. The van der Waals surface area contributed by atoms with Gasteiger partial charge in [0.15, 0.2) is 0 Å². The molecule has 2 rings (SSSR count). The summed E-state index contributed by atoms with van der Waals surface area (Å²) in [6.07, 6.45) is 2.40. The van der Waals surface area contributed by atoms with Gasteiger partial charge >= 0.3 is 0 Å². The summed E-state index contributed by atoms with van der Waals surface area (Å²) >= 11 is 1.49. The van der Waals surface area contributed by atoms with Crippen LogP contribution in [0.15, 0.2) is 0 Å². The third kappa shape index (κ3) is 1.99. The Kier molecular flexibility index (Phi) is 2.49. The van der Waals surface area contributed by atoms with Crippen LogP contribution in [0.2, 0.25) is 0 Å². The molecule has 1 fully saturated rings. The molecule has 0 spiro atoms. The van der Waals surface area contributed by atoms with Crippen LogP contribution in [-0.2, 0) is 0 Å². The summed E-state index contributed by atoms with van der Waals surface area (Å²) < 4.78 is 4.35. The average Bonchev–Trinajstić information content (AvgIpc) is 2.67. The van der Waals surface area contributed by atoms with E-state index in [4.69, 9.17) is 0 Å². The van der Waals surface area contributed by atoms with Crippen LogP contribution in [0.4, 0.5) is 5.13 Å². The maximum absolute atomic E-state index is 4.46. The smallest absolute Gasteiger partial charge is 0.202 e. The molecule has 0 bridgehead atoms. The van der Waals surface area contributed by atoms with Gasteiger partial charge < -0.3 is 5.32 Å². The summed E-state index contributed by atoms with van der Waals surface area (Å²) in [4.78, 5) is 4.46. The Balaban J connectivity index is 1.94. The van der Waals surface area contributed by atoms with Crippen molar-refractivity contribution in [1.82, 2.24) is 9.36 Å². The zero-order valence-electron chi connectivity index (χ0n) is 8.08.